The molecule has 2 heterocycles. The molecule has 0 amide bonds. The maximum absolute atomic E-state index is 13.1. The van der Waals surface area contributed by atoms with Crippen LogP contribution in [0.3, 0.4) is 0 Å². The monoisotopic (exact) mass is 421 g/mol. The van der Waals surface area contributed by atoms with Gasteiger partial charge in [-0.25, -0.2) is 17.8 Å². The van der Waals surface area contributed by atoms with Gasteiger partial charge in [-0.15, -0.1) is 0 Å². The Balaban J connectivity index is 1.58. The normalized spacial score (nSPS) is 13.6. The molecule has 0 unspecified atom stereocenters. The molecule has 0 saturated carbocycles. The summed E-state index contributed by atoms with van der Waals surface area (Å²) in [5, 5.41) is 0.982. The van der Waals surface area contributed by atoms with Crippen molar-refractivity contribution >= 4 is 26.7 Å². The molecule has 1 aliphatic carbocycles. The Morgan fingerprint density at radius 2 is 2.00 bits per heavy atom. The van der Waals surface area contributed by atoms with Crippen LogP contribution in [-0.4, -0.2) is 31.6 Å². The lowest BCUT2D eigenvalue weighted by atomic mass is 10.2. The molecule has 5 nitrogen and oxygen atoms in total. The molecule has 0 fully saturated rings. The number of alkyl halides is 1. The number of nitrogens with one attached hydrogen (secondary N) is 1. The van der Waals surface area contributed by atoms with E-state index in [2.05, 4.69) is 21.8 Å². The number of hydrogen-bond donors (Lipinski definition) is 1. The van der Waals surface area contributed by atoms with Crippen LogP contribution in [0.4, 0.5) is 10.1 Å². The van der Waals surface area contributed by atoms with Crippen molar-refractivity contribution in [2.75, 3.05) is 17.5 Å². The van der Waals surface area contributed by atoms with Crippen molar-refractivity contribution in [3.05, 3.63) is 83.1 Å². The Morgan fingerprint density at radius 3 is 2.70 bits per heavy atom. The van der Waals surface area contributed by atoms with Crippen molar-refractivity contribution in [1.29, 1.82) is 0 Å². The van der Waals surface area contributed by atoms with Gasteiger partial charge in [0.15, 0.2) is 0 Å². The van der Waals surface area contributed by atoms with E-state index >= 15 is 0 Å². The Morgan fingerprint density at radius 1 is 1.17 bits per heavy atom. The maximum Gasteiger partial charge on any atom is 0.260 e. The first-order chi connectivity index (χ1) is 14.6. The summed E-state index contributed by atoms with van der Waals surface area (Å²) in [6.07, 6.45) is 8.01. The number of aromatic nitrogens is 2. The summed E-state index contributed by atoms with van der Waals surface area (Å²) in [6.45, 7) is -0.991. The number of fused-ring (bicyclic) bond motifs is 1. The van der Waals surface area contributed by atoms with E-state index in [1.54, 1.807) is 42.6 Å². The number of allylic oxidation sites excluding steroid dienone is 4. The summed E-state index contributed by atoms with van der Waals surface area (Å²) in [5.41, 5.74) is 2.66. The molecule has 1 N–H and O–H groups in total. The van der Waals surface area contributed by atoms with E-state index in [9.17, 15) is 12.8 Å². The standard InChI is InChI=1S/C23H20FN3O2S/c24-14-16-27(30(28,29)22-6-2-1-3-7-22)21-12-9-18(10-13-21)8-11-20-17-19-5-4-15-25-23(19)26-20/h1-2,4-6,9-10,12-13,15,17H,3,7,14,16H2,(H,25,26). The Kier molecular flexibility index (Phi) is 5.68. The van der Waals surface area contributed by atoms with E-state index in [1.165, 1.54) is 0 Å². The van der Waals surface area contributed by atoms with E-state index in [4.69, 9.17) is 0 Å². The average molecular weight is 421 g/mol. The number of halogens is 1. The number of H-pyrrole nitrogens is 1. The number of aromatic amines is 1. The zero-order valence-electron chi connectivity index (χ0n) is 16.2. The van der Waals surface area contributed by atoms with Gasteiger partial charge in [-0.1, -0.05) is 18.1 Å². The minimum atomic E-state index is -3.77. The van der Waals surface area contributed by atoms with Crippen LogP contribution in [0.15, 0.2) is 71.8 Å². The zero-order chi connectivity index (χ0) is 21.0. The molecular weight excluding hydrogens is 401 g/mol. The molecule has 2 aromatic heterocycles. The van der Waals surface area contributed by atoms with Gasteiger partial charge >= 0.3 is 0 Å². The molecule has 0 saturated heterocycles. The molecule has 4 rings (SSSR count). The second-order valence-corrected chi connectivity index (χ2v) is 8.70. The predicted molar refractivity (Wildman–Crippen MR) is 117 cm³/mol. The maximum atomic E-state index is 13.1. The summed E-state index contributed by atoms with van der Waals surface area (Å²) in [7, 11) is -3.77. The highest BCUT2D eigenvalue weighted by Gasteiger charge is 2.27. The average Bonchev–Trinajstić information content (AvgIpc) is 3.20. The van der Waals surface area contributed by atoms with Gasteiger partial charge in [0, 0.05) is 17.1 Å². The first kappa shape index (κ1) is 19.9. The van der Waals surface area contributed by atoms with Crippen LogP contribution >= 0.6 is 0 Å². The third-order valence-electron chi connectivity index (χ3n) is 4.77. The second-order valence-electron chi connectivity index (χ2n) is 6.79. The van der Waals surface area contributed by atoms with Gasteiger partial charge < -0.3 is 4.98 Å². The van der Waals surface area contributed by atoms with Gasteiger partial charge in [-0.2, -0.15) is 0 Å². The highest BCUT2D eigenvalue weighted by atomic mass is 32.2. The zero-order valence-corrected chi connectivity index (χ0v) is 17.0. The van der Waals surface area contributed by atoms with Crippen LogP contribution in [-0.2, 0) is 10.0 Å². The Bertz CT molecular complexity index is 1250. The molecule has 1 aromatic carbocycles. The van der Waals surface area contributed by atoms with Crippen molar-refractivity contribution in [1.82, 2.24) is 9.97 Å². The van der Waals surface area contributed by atoms with Crippen molar-refractivity contribution in [3.8, 4) is 11.8 Å². The minimum absolute atomic E-state index is 0.226. The predicted octanol–water partition coefficient (Wildman–Crippen LogP) is 4.30. The third-order valence-corrected chi connectivity index (χ3v) is 6.75. The number of nitrogens with zero attached hydrogens (tertiary/aromatic N) is 2. The van der Waals surface area contributed by atoms with Gasteiger partial charge in [0.2, 0.25) is 0 Å². The van der Waals surface area contributed by atoms with Gasteiger partial charge in [0.05, 0.1) is 22.8 Å². The Hall–Kier alpha value is -3.37. The number of rotatable bonds is 5. The van der Waals surface area contributed by atoms with Gasteiger partial charge in [-0.3, -0.25) is 4.31 Å². The van der Waals surface area contributed by atoms with Crippen molar-refractivity contribution in [2.24, 2.45) is 0 Å². The van der Waals surface area contributed by atoms with Crippen LogP contribution in [0, 0.1) is 11.8 Å². The molecule has 0 bridgehead atoms. The lowest BCUT2D eigenvalue weighted by Crippen LogP contribution is -2.34. The first-order valence-corrected chi connectivity index (χ1v) is 11.0. The summed E-state index contributed by atoms with van der Waals surface area (Å²) >= 11 is 0. The molecule has 1 aliphatic rings. The van der Waals surface area contributed by atoms with Gasteiger partial charge in [-0.05, 0) is 67.3 Å². The highest BCUT2D eigenvalue weighted by Crippen LogP contribution is 2.27. The molecule has 0 radical (unpaired) electrons. The lowest BCUT2D eigenvalue weighted by molar-refractivity contribution is 0.500. The van der Waals surface area contributed by atoms with E-state index in [-0.39, 0.29) is 6.54 Å². The lowest BCUT2D eigenvalue weighted by Gasteiger charge is -2.25. The molecular formula is C23H20FN3O2S. The van der Waals surface area contributed by atoms with Gasteiger partial charge in [0.25, 0.3) is 10.0 Å². The summed E-state index contributed by atoms with van der Waals surface area (Å²) in [6, 6.07) is 12.5. The minimum Gasteiger partial charge on any atom is -0.333 e. The summed E-state index contributed by atoms with van der Waals surface area (Å²) < 4.78 is 40.2. The molecule has 0 spiro atoms. The fraction of sp³-hybridized carbons (Fsp3) is 0.174. The fourth-order valence-electron chi connectivity index (χ4n) is 3.28. The van der Waals surface area contributed by atoms with Crippen LogP contribution in [0.25, 0.3) is 11.0 Å². The van der Waals surface area contributed by atoms with Crippen LogP contribution in [0.5, 0.6) is 0 Å². The molecule has 0 atom stereocenters. The smallest absolute Gasteiger partial charge is 0.260 e. The van der Waals surface area contributed by atoms with Crippen molar-refractivity contribution < 1.29 is 12.8 Å². The van der Waals surface area contributed by atoms with Crippen LogP contribution in [0.1, 0.15) is 24.1 Å². The first-order valence-electron chi connectivity index (χ1n) is 9.58. The van der Waals surface area contributed by atoms with Gasteiger partial charge in [0.1, 0.15) is 12.3 Å². The van der Waals surface area contributed by atoms with Crippen molar-refractivity contribution in [2.45, 2.75) is 12.8 Å². The highest BCUT2D eigenvalue weighted by molar-refractivity contribution is 7.96. The number of benzene rings is 1. The Labute approximate surface area is 175 Å². The quantitative estimate of drug-likeness (QED) is 0.625. The van der Waals surface area contributed by atoms with Crippen molar-refractivity contribution in [3.63, 3.8) is 0 Å². The number of anilines is 1. The summed E-state index contributed by atoms with van der Waals surface area (Å²) in [5.74, 6) is 6.10. The van der Waals surface area contributed by atoms with E-state index in [0.717, 1.165) is 26.6 Å². The van der Waals surface area contributed by atoms with Crippen LogP contribution < -0.4 is 4.31 Å². The third kappa shape index (κ3) is 4.14. The SMILES string of the molecule is O=S(=O)(C1=CC=CCC1)N(CCF)c1ccc(C#Cc2cc3cccnc3[nH]2)cc1. The number of pyridine rings is 1. The molecule has 0 aliphatic heterocycles. The van der Waals surface area contributed by atoms with Crippen LogP contribution in [0.2, 0.25) is 0 Å². The number of hydrogen-bond acceptors (Lipinski definition) is 3. The molecule has 152 valence electrons. The largest absolute Gasteiger partial charge is 0.333 e. The van der Waals surface area contributed by atoms with E-state index < -0.39 is 16.7 Å². The second kappa shape index (κ2) is 8.56. The molecule has 7 heteroatoms. The summed E-state index contributed by atoms with van der Waals surface area (Å²) in [4.78, 5) is 7.69. The molecule has 30 heavy (non-hydrogen) atoms. The fourth-order valence-corrected chi connectivity index (χ4v) is 4.90. The number of sulfonamides is 1. The van der Waals surface area contributed by atoms with E-state index in [1.807, 2.05) is 24.3 Å². The molecule has 3 aromatic rings. The topological polar surface area (TPSA) is 66.1 Å². The van der Waals surface area contributed by atoms with E-state index in [0.29, 0.717) is 23.4 Å².